The van der Waals surface area contributed by atoms with Gasteiger partial charge in [-0.3, -0.25) is 10.1 Å². The summed E-state index contributed by atoms with van der Waals surface area (Å²) in [6.07, 6.45) is 1.70. The van der Waals surface area contributed by atoms with Gasteiger partial charge in [0.1, 0.15) is 5.03 Å². The Hall–Kier alpha value is -1.92. The molecule has 0 fully saturated rings. The Bertz CT molecular complexity index is 585. The number of nitro groups is 1. The van der Waals surface area contributed by atoms with E-state index in [1.54, 1.807) is 24.4 Å². The molecule has 0 unspecified atom stereocenters. The highest BCUT2D eigenvalue weighted by atomic mass is 32.2. The summed E-state index contributed by atoms with van der Waals surface area (Å²) in [5.74, 6) is 0. The Morgan fingerprint density at radius 1 is 1.32 bits per heavy atom. The van der Waals surface area contributed by atoms with E-state index in [1.165, 1.54) is 17.8 Å². The number of hydrogen-bond acceptors (Lipinski definition) is 5. The molecule has 98 valence electrons. The van der Waals surface area contributed by atoms with Gasteiger partial charge in [0.05, 0.1) is 9.82 Å². The molecule has 0 spiro atoms. The summed E-state index contributed by atoms with van der Waals surface area (Å²) in [6.45, 7) is 1.88. The summed E-state index contributed by atoms with van der Waals surface area (Å²) in [5, 5.41) is 11.6. The minimum absolute atomic E-state index is 0.0717. The van der Waals surface area contributed by atoms with Crippen LogP contribution in [-0.4, -0.2) is 9.91 Å². The van der Waals surface area contributed by atoms with Gasteiger partial charge < -0.3 is 5.73 Å². The van der Waals surface area contributed by atoms with Crippen LogP contribution in [-0.2, 0) is 0 Å². The Labute approximate surface area is 115 Å². The summed E-state index contributed by atoms with van der Waals surface area (Å²) >= 11 is 1.27. The van der Waals surface area contributed by atoms with Crippen LogP contribution < -0.4 is 5.73 Å². The summed E-state index contributed by atoms with van der Waals surface area (Å²) in [5.41, 5.74) is 6.77. The normalized spacial score (nSPS) is 12.1. The van der Waals surface area contributed by atoms with Crippen molar-refractivity contribution in [3.05, 3.63) is 58.3 Å². The van der Waals surface area contributed by atoms with E-state index in [4.69, 9.17) is 5.73 Å². The van der Waals surface area contributed by atoms with E-state index in [-0.39, 0.29) is 11.7 Å². The predicted octanol–water partition coefficient (Wildman–Crippen LogP) is 3.16. The molecule has 0 saturated carbocycles. The van der Waals surface area contributed by atoms with Crippen molar-refractivity contribution in [2.75, 3.05) is 0 Å². The van der Waals surface area contributed by atoms with Crippen LogP contribution in [0.25, 0.3) is 0 Å². The van der Waals surface area contributed by atoms with E-state index in [0.717, 1.165) is 5.56 Å². The summed E-state index contributed by atoms with van der Waals surface area (Å²) < 4.78 is 0. The van der Waals surface area contributed by atoms with Crippen LogP contribution >= 0.6 is 11.8 Å². The topological polar surface area (TPSA) is 82.0 Å². The number of pyridine rings is 1. The van der Waals surface area contributed by atoms with Crippen LogP contribution in [0.3, 0.4) is 0 Å². The molecule has 19 heavy (non-hydrogen) atoms. The van der Waals surface area contributed by atoms with E-state index in [0.29, 0.717) is 9.92 Å². The largest absolute Gasteiger partial charge is 0.324 e. The lowest BCUT2D eigenvalue weighted by Crippen LogP contribution is -2.04. The van der Waals surface area contributed by atoms with Gasteiger partial charge in [0.25, 0.3) is 5.69 Å². The fourth-order valence-corrected chi connectivity index (χ4v) is 2.39. The molecule has 1 atom stereocenters. The number of para-hydroxylation sites is 1. The molecule has 0 aliphatic heterocycles. The first-order chi connectivity index (χ1) is 9.08. The van der Waals surface area contributed by atoms with E-state index in [1.807, 2.05) is 19.1 Å². The second-order valence-corrected chi connectivity index (χ2v) is 5.11. The fraction of sp³-hybridized carbons (Fsp3) is 0.154. The molecule has 0 amide bonds. The zero-order chi connectivity index (χ0) is 13.8. The predicted molar refractivity (Wildman–Crippen MR) is 74.1 cm³/mol. The quantitative estimate of drug-likeness (QED) is 0.684. The number of benzene rings is 1. The third-order valence-electron chi connectivity index (χ3n) is 2.56. The maximum atomic E-state index is 10.9. The summed E-state index contributed by atoms with van der Waals surface area (Å²) in [4.78, 5) is 15.4. The fourth-order valence-electron chi connectivity index (χ4n) is 1.53. The highest BCUT2D eigenvalue weighted by Crippen LogP contribution is 2.33. The molecule has 1 aromatic heterocycles. The van der Waals surface area contributed by atoms with Crippen LogP contribution in [0.5, 0.6) is 0 Å². The van der Waals surface area contributed by atoms with Crippen LogP contribution in [0.2, 0.25) is 0 Å². The number of nitrogens with zero attached hydrogens (tertiary/aromatic N) is 2. The van der Waals surface area contributed by atoms with Gasteiger partial charge in [0.2, 0.25) is 0 Å². The number of rotatable bonds is 4. The van der Waals surface area contributed by atoms with Crippen LogP contribution in [0, 0.1) is 10.1 Å². The third kappa shape index (κ3) is 3.30. The minimum atomic E-state index is -0.390. The molecule has 5 nitrogen and oxygen atoms in total. The van der Waals surface area contributed by atoms with Crippen molar-refractivity contribution in [2.45, 2.75) is 22.9 Å². The van der Waals surface area contributed by atoms with Gasteiger partial charge in [0.15, 0.2) is 0 Å². The van der Waals surface area contributed by atoms with Crippen molar-refractivity contribution in [2.24, 2.45) is 5.73 Å². The molecular formula is C13H13N3O2S. The Kier molecular flexibility index (Phi) is 4.13. The number of aromatic nitrogens is 1. The second-order valence-electron chi connectivity index (χ2n) is 4.05. The third-order valence-corrected chi connectivity index (χ3v) is 3.58. The first kappa shape index (κ1) is 13.5. The standard InChI is InChI=1S/C13H13N3O2S/c1-9(14)10-6-7-13(15-8-10)19-12-5-3-2-4-11(12)16(17)18/h2-9H,14H2,1H3/t9-/m1/s1. The van der Waals surface area contributed by atoms with Crippen molar-refractivity contribution in [3.63, 3.8) is 0 Å². The van der Waals surface area contributed by atoms with E-state index in [9.17, 15) is 10.1 Å². The lowest BCUT2D eigenvalue weighted by Gasteiger charge is -2.06. The Morgan fingerprint density at radius 2 is 2.05 bits per heavy atom. The van der Waals surface area contributed by atoms with Crippen molar-refractivity contribution in [1.82, 2.24) is 4.98 Å². The van der Waals surface area contributed by atoms with Gasteiger partial charge in [-0.05, 0) is 24.6 Å². The van der Waals surface area contributed by atoms with Gasteiger partial charge in [-0.1, -0.05) is 30.0 Å². The Balaban J connectivity index is 2.24. The molecule has 0 bridgehead atoms. The number of nitro benzene ring substituents is 1. The van der Waals surface area contributed by atoms with E-state index >= 15 is 0 Å². The summed E-state index contributed by atoms with van der Waals surface area (Å²) in [6, 6.07) is 10.2. The van der Waals surface area contributed by atoms with Crippen molar-refractivity contribution in [1.29, 1.82) is 0 Å². The van der Waals surface area contributed by atoms with Crippen LogP contribution in [0.1, 0.15) is 18.5 Å². The van der Waals surface area contributed by atoms with Gasteiger partial charge in [-0.2, -0.15) is 0 Å². The molecule has 0 saturated heterocycles. The maximum absolute atomic E-state index is 10.9. The molecule has 1 aromatic carbocycles. The number of hydrogen-bond donors (Lipinski definition) is 1. The second kappa shape index (κ2) is 5.81. The molecule has 2 rings (SSSR count). The monoisotopic (exact) mass is 275 g/mol. The molecule has 6 heteroatoms. The average Bonchev–Trinajstić information content (AvgIpc) is 2.39. The van der Waals surface area contributed by atoms with E-state index in [2.05, 4.69) is 4.98 Å². The van der Waals surface area contributed by atoms with Gasteiger partial charge in [0, 0.05) is 18.3 Å². The molecule has 0 aliphatic rings. The van der Waals surface area contributed by atoms with Gasteiger partial charge >= 0.3 is 0 Å². The van der Waals surface area contributed by atoms with Crippen molar-refractivity contribution in [3.8, 4) is 0 Å². The van der Waals surface area contributed by atoms with Crippen LogP contribution in [0.4, 0.5) is 5.69 Å². The molecule has 2 aromatic rings. The SMILES string of the molecule is C[C@@H](N)c1ccc(Sc2ccccc2[N+](=O)[O-])nc1. The molecule has 0 radical (unpaired) electrons. The molecule has 1 heterocycles. The molecule has 2 N–H and O–H groups in total. The molecular weight excluding hydrogens is 262 g/mol. The summed E-state index contributed by atoms with van der Waals surface area (Å²) in [7, 11) is 0. The maximum Gasteiger partial charge on any atom is 0.283 e. The zero-order valence-electron chi connectivity index (χ0n) is 10.3. The van der Waals surface area contributed by atoms with Gasteiger partial charge in [-0.25, -0.2) is 4.98 Å². The average molecular weight is 275 g/mol. The van der Waals surface area contributed by atoms with Crippen molar-refractivity contribution < 1.29 is 4.92 Å². The lowest BCUT2D eigenvalue weighted by atomic mass is 10.2. The first-order valence-electron chi connectivity index (χ1n) is 5.70. The van der Waals surface area contributed by atoms with Crippen LogP contribution in [0.15, 0.2) is 52.5 Å². The Morgan fingerprint density at radius 3 is 2.63 bits per heavy atom. The van der Waals surface area contributed by atoms with Crippen molar-refractivity contribution >= 4 is 17.4 Å². The highest BCUT2D eigenvalue weighted by Gasteiger charge is 2.14. The zero-order valence-corrected chi connectivity index (χ0v) is 11.1. The molecule has 0 aliphatic carbocycles. The minimum Gasteiger partial charge on any atom is -0.324 e. The highest BCUT2D eigenvalue weighted by molar-refractivity contribution is 7.99. The smallest absolute Gasteiger partial charge is 0.283 e. The first-order valence-corrected chi connectivity index (χ1v) is 6.52. The number of nitrogens with two attached hydrogens (primary N) is 1. The van der Waals surface area contributed by atoms with E-state index < -0.39 is 4.92 Å². The van der Waals surface area contributed by atoms with Gasteiger partial charge in [-0.15, -0.1) is 0 Å². The lowest BCUT2D eigenvalue weighted by molar-refractivity contribution is -0.387.